The number of amides is 1. The van der Waals surface area contributed by atoms with Crippen LogP contribution in [-0.4, -0.2) is 31.4 Å². The van der Waals surface area contributed by atoms with Crippen molar-refractivity contribution in [3.63, 3.8) is 0 Å². The molecule has 31 heavy (non-hydrogen) atoms. The minimum atomic E-state index is -0.0607. The Balaban J connectivity index is 1.57. The lowest BCUT2D eigenvalue weighted by atomic mass is 10.1. The van der Waals surface area contributed by atoms with Gasteiger partial charge >= 0.3 is 0 Å². The Kier molecular flexibility index (Phi) is 6.43. The fraction of sp³-hybridized carbons (Fsp3) is 0.167. The highest BCUT2D eigenvalue weighted by Gasteiger charge is 2.19. The summed E-state index contributed by atoms with van der Waals surface area (Å²) in [6.45, 7) is 4.03. The molecule has 7 heteroatoms. The number of carbonyl (C=O) groups excluding carboxylic acids is 1. The van der Waals surface area contributed by atoms with Crippen LogP contribution in [0.15, 0.2) is 84.3 Å². The average molecular weight is 430 g/mol. The second-order valence-corrected chi connectivity index (χ2v) is 8.10. The molecule has 1 N–H and O–H groups in total. The summed E-state index contributed by atoms with van der Waals surface area (Å²) in [5.74, 6) is 0.889. The fourth-order valence-electron chi connectivity index (χ4n) is 3.32. The van der Waals surface area contributed by atoms with E-state index in [9.17, 15) is 4.79 Å². The molecule has 156 valence electrons. The van der Waals surface area contributed by atoms with Crippen LogP contribution >= 0.6 is 11.8 Å². The Morgan fingerprint density at radius 1 is 1.03 bits per heavy atom. The highest BCUT2D eigenvalue weighted by atomic mass is 32.2. The molecule has 0 saturated carbocycles. The van der Waals surface area contributed by atoms with E-state index in [0.717, 1.165) is 22.4 Å². The number of hydrogen-bond donors (Lipinski definition) is 1. The topological polar surface area (TPSA) is 72.7 Å². The standard InChI is InChI=1S/C24H23N5OS/c1-17-9-6-7-13-21(17)29-23(20-12-8-14-25-15-20)27-28-24(29)31-16-22(30)26-18(2)19-10-4-3-5-11-19/h3-15,18H,16H2,1-2H3,(H,26,30)/t18-/m0/s1. The molecule has 1 amide bonds. The van der Waals surface area contributed by atoms with Crippen molar-refractivity contribution in [2.24, 2.45) is 0 Å². The zero-order valence-corrected chi connectivity index (χ0v) is 18.2. The molecular weight excluding hydrogens is 406 g/mol. The molecule has 0 saturated heterocycles. The number of pyridine rings is 1. The average Bonchev–Trinajstić information content (AvgIpc) is 3.23. The van der Waals surface area contributed by atoms with E-state index in [0.29, 0.717) is 11.0 Å². The predicted octanol–water partition coefficient (Wildman–Crippen LogP) is 4.61. The van der Waals surface area contributed by atoms with Crippen LogP contribution in [0.5, 0.6) is 0 Å². The van der Waals surface area contributed by atoms with Gasteiger partial charge in [-0.2, -0.15) is 0 Å². The number of rotatable bonds is 7. The van der Waals surface area contributed by atoms with E-state index in [4.69, 9.17) is 0 Å². The number of aromatic nitrogens is 4. The number of nitrogens with one attached hydrogen (secondary N) is 1. The van der Waals surface area contributed by atoms with E-state index in [1.165, 1.54) is 11.8 Å². The van der Waals surface area contributed by atoms with Crippen LogP contribution in [0.4, 0.5) is 0 Å². The molecule has 0 spiro atoms. The van der Waals surface area contributed by atoms with Gasteiger partial charge in [-0.1, -0.05) is 60.3 Å². The van der Waals surface area contributed by atoms with Gasteiger partial charge in [0.15, 0.2) is 11.0 Å². The maximum atomic E-state index is 12.6. The van der Waals surface area contributed by atoms with E-state index >= 15 is 0 Å². The van der Waals surface area contributed by atoms with Gasteiger partial charge in [-0.25, -0.2) is 0 Å². The first-order valence-corrected chi connectivity index (χ1v) is 11.0. The molecule has 2 aromatic carbocycles. The number of carbonyl (C=O) groups is 1. The molecule has 2 heterocycles. The number of benzene rings is 2. The van der Waals surface area contributed by atoms with Gasteiger partial charge in [0.2, 0.25) is 5.91 Å². The first kappa shape index (κ1) is 20.8. The number of aryl methyl sites for hydroxylation is 1. The quantitative estimate of drug-likeness (QED) is 0.435. The summed E-state index contributed by atoms with van der Waals surface area (Å²) in [6.07, 6.45) is 3.49. The zero-order valence-electron chi connectivity index (χ0n) is 17.4. The summed E-state index contributed by atoms with van der Waals surface area (Å²) >= 11 is 1.37. The highest BCUT2D eigenvalue weighted by Crippen LogP contribution is 2.29. The van der Waals surface area contributed by atoms with Crippen molar-refractivity contribution in [1.82, 2.24) is 25.1 Å². The summed E-state index contributed by atoms with van der Waals surface area (Å²) in [5, 5.41) is 12.5. The lowest BCUT2D eigenvalue weighted by Gasteiger charge is -2.15. The summed E-state index contributed by atoms with van der Waals surface area (Å²) in [6, 6.07) is 21.7. The van der Waals surface area contributed by atoms with E-state index in [1.54, 1.807) is 12.4 Å². The van der Waals surface area contributed by atoms with Gasteiger partial charge in [-0.3, -0.25) is 14.3 Å². The smallest absolute Gasteiger partial charge is 0.230 e. The van der Waals surface area contributed by atoms with Crippen LogP contribution < -0.4 is 5.32 Å². The lowest BCUT2D eigenvalue weighted by molar-refractivity contribution is -0.119. The second kappa shape index (κ2) is 9.57. The van der Waals surface area contributed by atoms with Gasteiger partial charge in [0, 0.05) is 18.0 Å². The maximum absolute atomic E-state index is 12.6. The zero-order chi connectivity index (χ0) is 21.6. The molecule has 1 atom stereocenters. The molecule has 4 aromatic rings. The van der Waals surface area contributed by atoms with Crippen LogP contribution in [-0.2, 0) is 4.79 Å². The third kappa shape index (κ3) is 4.83. The number of thioether (sulfide) groups is 1. The van der Waals surface area contributed by atoms with Crippen molar-refractivity contribution in [3.8, 4) is 17.1 Å². The Hall–Kier alpha value is -3.45. The minimum Gasteiger partial charge on any atom is -0.349 e. The molecule has 0 bridgehead atoms. The van der Waals surface area contributed by atoms with Crippen LogP contribution in [0.2, 0.25) is 0 Å². The van der Waals surface area contributed by atoms with Crippen molar-refractivity contribution in [1.29, 1.82) is 0 Å². The molecule has 0 aliphatic rings. The molecule has 0 unspecified atom stereocenters. The molecular formula is C24H23N5OS. The minimum absolute atomic E-state index is 0.0522. The maximum Gasteiger partial charge on any atom is 0.230 e. The summed E-state index contributed by atoms with van der Waals surface area (Å²) in [7, 11) is 0. The van der Waals surface area contributed by atoms with Gasteiger partial charge in [-0.15, -0.1) is 10.2 Å². The molecule has 0 radical (unpaired) electrons. The lowest BCUT2D eigenvalue weighted by Crippen LogP contribution is -2.28. The van der Waals surface area contributed by atoms with Crippen molar-refractivity contribution in [2.45, 2.75) is 25.0 Å². The fourth-order valence-corrected chi connectivity index (χ4v) is 4.07. The molecule has 0 aliphatic carbocycles. The normalized spacial score (nSPS) is 11.8. The van der Waals surface area contributed by atoms with Gasteiger partial charge in [0.05, 0.1) is 17.5 Å². The Morgan fingerprint density at radius 2 is 1.81 bits per heavy atom. The highest BCUT2D eigenvalue weighted by molar-refractivity contribution is 7.99. The Bertz CT molecular complexity index is 1160. The summed E-state index contributed by atoms with van der Waals surface area (Å²) in [4.78, 5) is 16.8. The van der Waals surface area contributed by atoms with Crippen molar-refractivity contribution >= 4 is 17.7 Å². The van der Waals surface area contributed by atoms with Crippen LogP contribution in [0.3, 0.4) is 0 Å². The van der Waals surface area contributed by atoms with E-state index < -0.39 is 0 Å². The Labute approximate surface area is 185 Å². The first-order valence-electron chi connectivity index (χ1n) is 10.0. The number of nitrogens with zero attached hydrogens (tertiary/aromatic N) is 4. The molecule has 2 aromatic heterocycles. The number of para-hydroxylation sites is 1. The second-order valence-electron chi connectivity index (χ2n) is 7.16. The van der Waals surface area contributed by atoms with Crippen molar-refractivity contribution < 1.29 is 4.79 Å². The van der Waals surface area contributed by atoms with Gasteiger partial charge < -0.3 is 5.32 Å². The SMILES string of the molecule is Cc1ccccc1-n1c(SCC(=O)N[C@@H](C)c2ccccc2)nnc1-c1cccnc1. The van der Waals surface area contributed by atoms with Crippen molar-refractivity contribution in [2.75, 3.05) is 5.75 Å². The molecule has 6 nitrogen and oxygen atoms in total. The Morgan fingerprint density at radius 3 is 2.55 bits per heavy atom. The van der Waals surface area contributed by atoms with E-state index in [-0.39, 0.29) is 17.7 Å². The van der Waals surface area contributed by atoms with Gasteiger partial charge in [-0.05, 0) is 43.2 Å². The van der Waals surface area contributed by atoms with Crippen LogP contribution in [0, 0.1) is 6.92 Å². The van der Waals surface area contributed by atoms with Gasteiger partial charge in [0.25, 0.3) is 0 Å². The van der Waals surface area contributed by atoms with Crippen LogP contribution in [0.1, 0.15) is 24.1 Å². The predicted molar refractivity (Wildman–Crippen MR) is 123 cm³/mol. The monoisotopic (exact) mass is 429 g/mol. The van der Waals surface area contributed by atoms with E-state index in [1.807, 2.05) is 85.1 Å². The largest absolute Gasteiger partial charge is 0.349 e. The third-order valence-electron chi connectivity index (χ3n) is 4.92. The van der Waals surface area contributed by atoms with Crippen LogP contribution in [0.25, 0.3) is 17.1 Å². The first-order chi connectivity index (χ1) is 15.1. The molecule has 0 fully saturated rings. The van der Waals surface area contributed by atoms with E-state index in [2.05, 4.69) is 20.5 Å². The summed E-state index contributed by atoms with van der Waals surface area (Å²) < 4.78 is 1.99. The molecule has 0 aliphatic heterocycles. The molecule has 4 rings (SSSR count). The summed E-state index contributed by atoms with van der Waals surface area (Å²) in [5.41, 5.74) is 4.01. The third-order valence-corrected chi connectivity index (χ3v) is 5.85. The number of hydrogen-bond acceptors (Lipinski definition) is 5. The van der Waals surface area contributed by atoms with Crippen molar-refractivity contribution in [3.05, 3.63) is 90.3 Å². The van der Waals surface area contributed by atoms with Gasteiger partial charge in [0.1, 0.15) is 0 Å².